The molecule has 0 aromatic heterocycles. The molecule has 0 bridgehead atoms. The number of benzene rings is 1. The molecule has 4 nitrogen and oxygen atoms in total. The van der Waals surface area contributed by atoms with E-state index in [1.54, 1.807) is 12.1 Å². The van der Waals surface area contributed by atoms with Crippen molar-refractivity contribution in [1.29, 1.82) is 0 Å². The molecule has 1 rings (SSSR count). The van der Waals surface area contributed by atoms with Crippen LogP contribution in [0.1, 0.15) is 26.3 Å². The van der Waals surface area contributed by atoms with E-state index in [1.807, 2.05) is 33.8 Å². The monoisotopic (exact) mass is 222 g/mol. The first-order chi connectivity index (χ1) is 7.28. The van der Waals surface area contributed by atoms with E-state index >= 15 is 0 Å². The van der Waals surface area contributed by atoms with E-state index in [0.717, 1.165) is 5.56 Å². The van der Waals surface area contributed by atoms with Gasteiger partial charge in [-0.05, 0) is 39.3 Å². The van der Waals surface area contributed by atoms with Crippen LogP contribution in [0.5, 0.6) is 5.75 Å². The fourth-order valence-corrected chi connectivity index (χ4v) is 1.12. The van der Waals surface area contributed by atoms with Crippen molar-refractivity contribution in [3.05, 3.63) is 23.8 Å². The average Bonchev–Trinajstić information content (AvgIpc) is 2.08. The molecule has 1 aromatic rings. The third kappa shape index (κ3) is 3.81. The third-order valence-corrected chi connectivity index (χ3v) is 1.94. The molecule has 0 saturated carbocycles. The minimum atomic E-state index is -0.476. The summed E-state index contributed by atoms with van der Waals surface area (Å²) < 4.78 is 5.10. The zero-order valence-electron chi connectivity index (χ0n) is 10.1. The molecular weight excluding hydrogens is 204 g/mol. The number of hydrogen-bond donors (Lipinski definition) is 2. The van der Waals surface area contributed by atoms with Crippen molar-refractivity contribution in [1.82, 2.24) is 5.32 Å². The predicted octanol–water partition coefficient (Wildman–Crippen LogP) is 2.46. The summed E-state index contributed by atoms with van der Waals surface area (Å²) in [5.74, 6) is 0.449. The highest BCUT2D eigenvalue weighted by Crippen LogP contribution is 2.19. The Kier molecular flexibility index (Phi) is 3.42. The minimum absolute atomic E-state index is 0.312. The van der Waals surface area contributed by atoms with Crippen LogP contribution in [-0.2, 0) is 0 Å². The van der Waals surface area contributed by atoms with Gasteiger partial charge in [0.05, 0.1) is 0 Å². The Bertz CT molecular complexity index is 394. The van der Waals surface area contributed by atoms with Crippen LogP contribution >= 0.6 is 0 Å². The maximum Gasteiger partial charge on any atom is 0.413 e. The SMILES string of the molecule is Cc1ccc(OC(=O)NC(C)(C)C)cc1N. The zero-order valence-corrected chi connectivity index (χ0v) is 10.1. The first-order valence-corrected chi connectivity index (χ1v) is 5.14. The van der Waals surface area contributed by atoms with Crippen LogP contribution in [-0.4, -0.2) is 11.6 Å². The fraction of sp³-hybridized carbons (Fsp3) is 0.417. The van der Waals surface area contributed by atoms with Crippen molar-refractivity contribution >= 4 is 11.8 Å². The standard InChI is InChI=1S/C12H18N2O2/c1-8-5-6-9(7-10(8)13)16-11(15)14-12(2,3)4/h5-7H,13H2,1-4H3,(H,14,15). The third-order valence-electron chi connectivity index (χ3n) is 1.94. The van der Waals surface area contributed by atoms with Crippen LogP contribution in [0.3, 0.4) is 0 Å². The lowest BCUT2D eigenvalue weighted by atomic mass is 10.1. The summed E-state index contributed by atoms with van der Waals surface area (Å²) in [6.45, 7) is 7.56. The number of rotatable bonds is 1. The van der Waals surface area contributed by atoms with Crippen LogP contribution in [0.4, 0.5) is 10.5 Å². The lowest BCUT2D eigenvalue weighted by Crippen LogP contribution is -2.42. The zero-order chi connectivity index (χ0) is 12.3. The number of amides is 1. The van der Waals surface area contributed by atoms with E-state index < -0.39 is 6.09 Å². The number of aryl methyl sites for hydroxylation is 1. The van der Waals surface area contributed by atoms with Crippen LogP contribution in [0, 0.1) is 6.92 Å². The van der Waals surface area contributed by atoms with Gasteiger partial charge in [-0.25, -0.2) is 4.79 Å². The summed E-state index contributed by atoms with van der Waals surface area (Å²) in [6.07, 6.45) is -0.476. The molecule has 88 valence electrons. The Hall–Kier alpha value is -1.71. The van der Waals surface area contributed by atoms with E-state index in [4.69, 9.17) is 10.5 Å². The smallest absolute Gasteiger partial charge is 0.410 e. The molecular formula is C12H18N2O2. The number of anilines is 1. The summed E-state index contributed by atoms with van der Waals surface area (Å²) in [6, 6.07) is 5.17. The molecule has 0 saturated heterocycles. The number of nitrogen functional groups attached to an aromatic ring is 1. The molecule has 16 heavy (non-hydrogen) atoms. The number of carbonyl (C=O) groups excluding carboxylic acids is 1. The number of carbonyl (C=O) groups is 1. The Labute approximate surface area is 95.8 Å². The maximum absolute atomic E-state index is 11.5. The Morgan fingerprint density at radius 2 is 2.00 bits per heavy atom. The quantitative estimate of drug-likeness (QED) is 0.717. The average molecular weight is 222 g/mol. The molecule has 0 aliphatic heterocycles. The number of nitrogens with one attached hydrogen (secondary N) is 1. The number of hydrogen-bond acceptors (Lipinski definition) is 3. The van der Waals surface area contributed by atoms with Gasteiger partial charge in [0.1, 0.15) is 5.75 Å². The molecule has 0 spiro atoms. The van der Waals surface area contributed by atoms with Crippen molar-refractivity contribution in [2.45, 2.75) is 33.2 Å². The molecule has 0 unspecified atom stereocenters. The van der Waals surface area contributed by atoms with Crippen LogP contribution in [0.2, 0.25) is 0 Å². The van der Waals surface area contributed by atoms with Crippen molar-refractivity contribution in [2.24, 2.45) is 0 Å². The van der Waals surface area contributed by atoms with Crippen molar-refractivity contribution in [3.63, 3.8) is 0 Å². The summed E-state index contributed by atoms with van der Waals surface area (Å²) in [7, 11) is 0. The van der Waals surface area contributed by atoms with Gasteiger partial charge in [0, 0.05) is 17.3 Å². The van der Waals surface area contributed by atoms with Gasteiger partial charge in [-0.1, -0.05) is 6.07 Å². The minimum Gasteiger partial charge on any atom is -0.410 e. The Balaban J connectivity index is 2.67. The molecule has 0 fully saturated rings. The molecule has 3 N–H and O–H groups in total. The molecule has 0 heterocycles. The lowest BCUT2D eigenvalue weighted by molar-refractivity contribution is 0.190. The van der Waals surface area contributed by atoms with Gasteiger partial charge < -0.3 is 15.8 Å². The molecule has 4 heteroatoms. The molecule has 1 aromatic carbocycles. The van der Waals surface area contributed by atoms with Gasteiger partial charge >= 0.3 is 6.09 Å². The summed E-state index contributed by atoms with van der Waals surface area (Å²) >= 11 is 0. The topological polar surface area (TPSA) is 64.3 Å². The second-order valence-corrected chi connectivity index (χ2v) is 4.78. The van der Waals surface area contributed by atoms with Crippen LogP contribution in [0.25, 0.3) is 0 Å². The molecule has 0 radical (unpaired) electrons. The first kappa shape index (κ1) is 12.4. The fourth-order valence-electron chi connectivity index (χ4n) is 1.12. The molecule has 0 aliphatic carbocycles. The first-order valence-electron chi connectivity index (χ1n) is 5.14. The highest BCUT2D eigenvalue weighted by molar-refractivity contribution is 5.71. The van der Waals surface area contributed by atoms with E-state index in [2.05, 4.69) is 5.32 Å². The van der Waals surface area contributed by atoms with Crippen molar-refractivity contribution in [2.75, 3.05) is 5.73 Å². The maximum atomic E-state index is 11.5. The summed E-state index contributed by atoms with van der Waals surface area (Å²) in [5, 5.41) is 2.70. The summed E-state index contributed by atoms with van der Waals surface area (Å²) in [4.78, 5) is 11.5. The Morgan fingerprint density at radius 1 is 1.38 bits per heavy atom. The van der Waals surface area contributed by atoms with Crippen LogP contribution in [0.15, 0.2) is 18.2 Å². The van der Waals surface area contributed by atoms with E-state index in [9.17, 15) is 4.79 Å². The summed E-state index contributed by atoms with van der Waals surface area (Å²) in [5.41, 5.74) is 6.97. The van der Waals surface area contributed by atoms with Gasteiger partial charge in [-0.3, -0.25) is 0 Å². The van der Waals surface area contributed by atoms with E-state index in [1.165, 1.54) is 0 Å². The van der Waals surface area contributed by atoms with Gasteiger partial charge in [0.2, 0.25) is 0 Å². The van der Waals surface area contributed by atoms with Crippen LogP contribution < -0.4 is 15.8 Å². The second-order valence-electron chi connectivity index (χ2n) is 4.78. The van der Waals surface area contributed by atoms with E-state index in [-0.39, 0.29) is 5.54 Å². The van der Waals surface area contributed by atoms with Gasteiger partial charge in [-0.2, -0.15) is 0 Å². The van der Waals surface area contributed by atoms with Gasteiger partial charge in [0.15, 0.2) is 0 Å². The second kappa shape index (κ2) is 4.43. The highest BCUT2D eigenvalue weighted by atomic mass is 16.6. The number of ether oxygens (including phenoxy) is 1. The van der Waals surface area contributed by atoms with E-state index in [0.29, 0.717) is 11.4 Å². The highest BCUT2D eigenvalue weighted by Gasteiger charge is 2.15. The van der Waals surface area contributed by atoms with Crippen molar-refractivity contribution < 1.29 is 9.53 Å². The Morgan fingerprint density at radius 3 is 2.50 bits per heavy atom. The van der Waals surface area contributed by atoms with Crippen molar-refractivity contribution in [3.8, 4) is 5.75 Å². The van der Waals surface area contributed by atoms with Gasteiger partial charge in [-0.15, -0.1) is 0 Å². The van der Waals surface area contributed by atoms with Gasteiger partial charge in [0.25, 0.3) is 0 Å². The molecule has 1 amide bonds. The predicted molar refractivity (Wildman–Crippen MR) is 64.5 cm³/mol. The largest absolute Gasteiger partial charge is 0.413 e. The number of nitrogens with two attached hydrogens (primary N) is 1. The normalized spacial score (nSPS) is 11.0. The lowest BCUT2D eigenvalue weighted by Gasteiger charge is -2.19. The molecule has 0 atom stereocenters. The molecule has 0 aliphatic rings.